The summed E-state index contributed by atoms with van der Waals surface area (Å²) in [6, 6.07) is 21.0. The lowest BCUT2D eigenvalue weighted by Gasteiger charge is -2.27. The summed E-state index contributed by atoms with van der Waals surface area (Å²) in [6.45, 7) is 7.23. The van der Waals surface area contributed by atoms with Crippen LogP contribution in [0.2, 0.25) is 0 Å². The highest BCUT2D eigenvalue weighted by Crippen LogP contribution is 2.31. The second-order valence-corrected chi connectivity index (χ2v) is 7.69. The van der Waals surface area contributed by atoms with E-state index in [0.29, 0.717) is 0 Å². The maximum atomic E-state index is 13.4. The topological polar surface area (TPSA) is 56.8 Å². The molecule has 0 fully saturated rings. The fraction of sp³-hybridized carbons (Fsp3) is 0.231. The van der Waals surface area contributed by atoms with Gasteiger partial charge in [0.15, 0.2) is 0 Å². The van der Waals surface area contributed by atoms with Gasteiger partial charge in [-0.25, -0.2) is 9.37 Å². The van der Waals surface area contributed by atoms with Gasteiger partial charge in [0.2, 0.25) is 0 Å². The van der Waals surface area contributed by atoms with E-state index >= 15 is 0 Å². The summed E-state index contributed by atoms with van der Waals surface area (Å²) in [6.07, 6.45) is 3.60. The van der Waals surface area contributed by atoms with E-state index in [1.807, 2.05) is 18.2 Å². The van der Waals surface area contributed by atoms with Crippen molar-refractivity contribution in [1.82, 2.24) is 20.1 Å². The third-order valence-corrected chi connectivity index (χ3v) is 5.70. The molecule has 4 aromatic rings. The first-order valence-electron chi connectivity index (χ1n) is 11.0. The van der Waals surface area contributed by atoms with Gasteiger partial charge in [-0.2, -0.15) is 5.10 Å². The Bertz CT molecular complexity index is 1120. The van der Waals surface area contributed by atoms with Crippen LogP contribution in [-0.4, -0.2) is 39.7 Å². The first-order valence-corrected chi connectivity index (χ1v) is 11.0. The molecule has 0 spiro atoms. The van der Waals surface area contributed by atoms with Crippen molar-refractivity contribution in [2.75, 3.05) is 25.0 Å². The molecule has 0 amide bonds. The Kier molecular flexibility index (Phi) is 6.92. The van der Waals surface area contributed by atoms with E-state index in [-0.39, 0.29) is 11.9 Å². The average molecular weight is 430 g/mol. The first kappa shape index (κ1) is 21.7. The third-order valence-electron chi connectivity index (χ3n) is 5.70. The Morgan fingerprint density at radius 1 is 0.969 bits per heavy atom. The fourth-order valence-corrected chi connectivity index (χ4v) is 3.86. The Morgan fingerprint density at radius 3 is 2.44 bits per heavy atom. The van der Waals surface area contributed by atoms with E-state index in [0.717, 1.165) is 47.8 Å². The number of H-pyrrole nitrogens is 1. The minimum absolute atomic E-state index is 0.111. The zero-order valence-electron chi connectivity index (χ0n) is 18.4. The molecule has 0 saturated heterocycles. The zero-order chi connectivity index (χ0) is 22.3. The van der Waals surface area contributed by atoms with Crippen molar-refractivity contribution in [3.8, 4) is 22.4 Å². The van der Waals surface area contributed by atoms with Crippen molar-refractivity contribution < 1.29 is 4.39 Å². The van der Waals surface area contributed by atoms with Crippen molar-refractivity contribution in [3.63, 3.8) is 0 Å². The van der Waals surface area contributed by atoms with Crippen molar-refractivity contribution >= 4 is 5.82 Å². The lowest BCUT2D eigenvalue weighted by atomic mass is 10.0. The molecule has 2 aromatic heterocycles. The van der Waals surface area contributed by atoms with Gasteiger partial charge in [0, 0.05) is 23.9 Å². The van der Waals surface area contributed by atoms with Crippen molar-refractivity contribution in [3.05, 3.63) is 90.5 Å². The van der Waals surface area contributed by atoms with Gasteiger partial charge in [0.25, 0.3) is 0 Å². The van der Waals surface area contributed by atoms with Gasteiger partial charge < -0.3 is 10.2 Å². The number of likely N-dealkylation sites (N-methyl/N-ethyl adjacent to an activating group) is 1. The molecule has 4 rings (SSSR count). The number of anilines is 1. The van der Waals surface area contributed by atoms with Crippen LogP contribution in [0.1, 0.15) is 25.5 Å². The minimum Gasteiger partial charge on any atom is -0.362 e. The van der Waals surface area contributed by atoms with Crippen LogP contribution in [0.15, 0.2) is 79.1 Å². The molecule has 2 N–H and O–H groups in total. The van der Waals surface area contributed by atoms with Crippen molar-refractivity contribution in [2.24, 2.45) is 0 Å². The molecule has 6 heteroatoms. The maximum Gasteiger partial charge on any atom is 0.127 e. The number of aromatic amines is 1. The second-order valence-electron chi connectivity index (χ2n) is 7.69. The second kappa shape index (κ2) is 10.2. The standard InChI is InChI=1S/C26H28FN5/c1-3-32(4-2)18-24(19-8-6-5-7-9-19)30-25-16-21(14-15-28-25)23-17-29-31-26(23)20-10-12-22(27)13-11-20/h5-17,24H,3-4,18H2,1-2H3,(H,28,30)(H,29,31). The predicted octanol–water partition coefficient (Wildman–Crippen LogP) is 5.77. The van der Waals surface area contributed by atoms with Crippen LogP contribution in [0.3, 0.4) is 0 Å². The van der Waals surface area contributed by atoms with Gasteiger partial charge in [0.05, 0.1) is 17.9 Å². The largest absolute Gasteiger partial charge is 0.362 e. The van der Waals surface area contributed by atoms with Crippen molar-refractivity contribution in [1.29, 1.82) is 0 Å². The quantitative estimate of drug-likeness (QED) is 0.354. The molecule has 2 heterocycles. The summed E-state index contributed by atoms with van der Waals surface area (Å²) in [5.74, 6) is 0.542. The zero-order valence-corrected chi connectivity index (χ0v) is 18.4. The number of nitrogens with one attached hydrogen (secondary N) is 2. The van der Waals surface area contributed by atoms with Crippen LogP contribution in [0.25, 0.3) is 22.4 Å². The maximum absolute atomic E-state index is 13.4. The molecular weight excluding hydrogens is 401 g/mol. The molecule has 5 nitrogen and oxygen atoms in total. The van der Waals surface area contributed by atoms with Crippen LogP contribution in [0.5, 0.6) is 0 Å². The van der Waals surface area contributed by atoms with Gasteiger partial charge in [-0.3, -0.25) is 5.10 Å². The summed E-state index contributed by atoms with van der Waals surface area (Å²) in [5.41, 5.74) is 4.90. The van der Waals surface area contributed by atoms with Crippen LogP contribution in [0.4, 0.5) is 10.2 Å². The number of benzene rings is 2. The lowest BCUT2D eigenvalue weighted by Crippen LogP contribution is -2.31. The van der Waals surface area contributed by atoms with Crippen LogP contribution >= 0.6 is 0 Å². The normalized spacial score (nSPS) is 12.1. The Morgan fingerprint density at radius 2 is 1.72 bits per heavy atom. The summed E-state index contributed by atoms with van der Waals surface area (Å²) in [5, 5.41) is 10.9. The molecule has 0 saturated carbocycles. The van der Waals surface area contributed by atoms with E-state index in [2.05, 4.69) is 63.5 Å². The molecule has 0 aliphatic heterocycles. The number of halogens is 1. The molecule has 0 bridgehead atoms. The number of hydrogen-bond acceptors (Lipinski definition) is 4. The molecular formula is C26H28FN5. The Hall–Kier alpha value is -3.51. The van der Waals surface area contributed by atoms with Gasteiger partial charge in [-0.05, 0) is 60.6 Å². The van der Waals surface area contributed by atoms with E-state index in [4.69, 9.17) is 0 Å². The molecule has 2 aromatic carbocycles. The first-order chi connectivity index (χ1) is 15.7. The minimum atomic E-state index is -0.259. The van der Waals surface area contributed by atoms with E-state index in [1.54, 1.807) is 24.5 Å². The van der Waals surface area contributed by atoms with E-state index in [1.165, 1.54) is 17.7 Å². The molecule has 1 unspecified atom stereocenters. The highest BCUT2D eigenvalue weighted by molar-refractivity contribution is 5.81. The van der Waals surface area contributed by atoms with Gasteiger partial charge in [-0.1, -0.05) is 44.2 Å². The monoisotopic (exact) mass is 429 g/mol. The van der Waals surface area contributed by atoms with E-state index < -0.39 is 0 Å². The summed E-state index contributed by atoms with van der Waals surface area (Å²) in [7, 11) is 0. The Labute approximate surface area is 188 Å². The van der Waals surface area contributed by atoms with Crippen LogP contribution < -0.4 is 5.32 Å². The molecule has 164 valence electrons. The highest BCUT2D eigenvalue weighted by atomic mass is 19.1. The third kappa shape index (κ3) is 5.03. The lowest BCUT2D eigenvalue weighted by molar-refractivity contribution is 0.291. The highest BCUT2D eigenvalue weighted by Gasteiger charge is 2.16. The fourth-order valence-electron chi connectivity index (χ4n) is 3.86. The van der Waals surface area contributed by atoms with Crippen LogP contribution in [-0.2, 0) is 0 Å². The number of aromatic nitrogens is 3. The summed E-state index contributed by atoms with van der Waals surface area (Å²) >= 11 is 0. The SMILES string of the molecule is CCN(CC)CC(Nc1cc(-c2cn[nH]c2-c2ccc(F)cc2)ccn1)c1ccccc1. The number of rotatable bonds is 9. The molecule has 0 aliphatic rings. The summed E-state index contributed by atoms with van der Waals surface area (Å²) in [4.78, 5) is 6.98. The van der Waals surface area contributed by atoms with Gasteiger partial charge >= 0.3 is 0 Å². The van der Waals surface area contributed by atoms with Gasteiger partial charge in [0.1, 0.15) is 11.6 Å². The molecule has 0 aliphatic carbocycles. The number of nitrogens with zero attached hydrogens (tertiary/aromatic N) is 3. The molecule has 32 heavy (non-hydrogen) atoms. The van der Waals surface area contributed by atoms with E-state index in [9.17, 15) is 4.39 Å². The Balaban J connectivity index is 1.62. The van der Waals surface area contributed by atoms with Gasteiger partial charge in [-0.15, -0.1) is 0 Å². The molecule has 1 atom stereocenters. The van der Waals surface area contributed by atoms with Crippen LogP contribution in [0, 0.1) is 5.82 Å². The molecule has 0 radical (unpaired) electrons. The number of pyridine rings is 1. The summed E-state index contributed by atoms with van der Waals surface area (Å²) < 4.78 is 13.4. The number of hydrogen-bond donors (Lipinski definition) is 2. The average Bonchev–Trinajstić information content (AvgIpc) is 3.33. The van der Waals surface area contributed by atoms with Crippen molar-refractivity contribution in [2.45, 2.75) is 19.9 Å². The smallest absolute Gasteiger partial charge is 0.127 e. The predicted molar refractivity (Wildman–Crippen MR) is 128 cm³/mol.